The van der Waals surface area contributed by atoms with Gasteiger partial charge in [-0.15, -0.1) is 0 Å². The Morgan fingerprint density at radius 1 is 1.23 bits per heavy atom. The average molecular weight is 184 g/mol. The third-order valence-corrected chi connectivity index (χ3v) is 1.76. The topological polar surface area (TPSA) is 41.1 Å². The lowest BCUT2D eigenvalue weighted by molar-refractivity contribution is 0.241. The third-order valence-electron chi connectivity index (χ3n) is 1.76. The van der Waals surface area contributed by atoms with Gasteiger partial charge in [0.15, 0.2) is 0 Å². The zero-order chi connectivity index (χ0) is 10.4. The molecule has 2 N–H and O–H groups in total. The minimum Gasteiger partial charge on any atom is -0.336 e. The van der Waals surface area contributed by atoms with Gasteiger partial charge < -0.3 is 10.6 Å². The van der Waals surface area contributed by atoms with Crippen molar-refractivity contribution < 1.29 is 4.79 Å². The summed E-state index contributed by atoms with van der Waals surface area (Å²) in [5, 5.41) is 5.43. The van der Waals surface area contributed by atoms with Crippen LogP contribution in [0.1, 0.15) is 34.6 Å². The largest absolute Gasteiger partial charge is 0.336 e. The zero-order valence-electron chi connectivity index (χ0n) is 9.14. The zero-order valence-corrected chi connectivity index (χ0v) is 9.14. The maximum Gasteiger partial charge on any atom is 0.318 e. The summed E-state index contributed by atoms with van der Waals surface area (Å²) in [7, 11) is 0. The quantitative estimate of drug-likeness (QED) is 0.694. The predicted molar refractivity (Wildman–Crippen MR) is 55.4 cm³/mol. The van der Waals surface area contributed by atoms with Gasteiger partial charge in [0.05, 0.1) is 0 Å². The first-order valence-electron chi connectivity index (χ1n) is 4.67. The van der Waals surface area contributed by atoms with E-state index in [0.29, 0.717) is 5.92 Å². The van der Waals surface area contributed by atoms with E-state index >= 15 is 0 Å². The van der Waals surface area contributed by atoms with E-state index in [1.165, 1.54) is 5.57 Å². The van der Waals surface area contributed by atoms with Gasteiger partial charge in [0.1, 0.15) is 0 Å². The number of carbonyl (C=O) groups excluding carboxylic acids is 1. The number of nitrogens with one attached hydrogen (secondary N) is 2. The molecular formula is C10H20N2O. The second-order valence-electron chi connectivity index (χ2n) is 3.82. The first-order valence-corrected chi connectivity index (χ1v) is 4.67. The molecule has 0 aromatic heterocycles. The van der Waals surface area contributed by atoms with E-state index in [0.717, 1.165) is 0 Å². The molecule has 0 aromatic rings. The van der Waals surface area contributed by atoms with Crippen LogP contribution in [0.3, 0.4) is 0 Å². The van der Waals surface area contributed by atoms with E-state index in [1.807, 2.05) is 20.8 Å². The molecular weight excluding hydrogens is 164 g/mol. The number of rotatable bonds is 3. The van der Waals surface area contributed by atoms with Crippen molar-refractivity contribution >= 4 is 6.03 Å². The average Bonchev–Trinajstić information content (AvgIpc) is 1.98. The second-order valence-corrected chi connectivity index (χ2v) is 3.82. The molecule has 0 saturated heterocycles. The molecule has 0 aliphatic carbocycles. The van der Waals surface area contributed by atoms with Crippen LogP contribution in [-0.2, 0) is 0 Å². The number of amides is 2. The summed E-state index contributed by atoms with van der Waals surface area (Å²) >= 11 is 0. The Labute approximate surface area is 80.6 Å². The monoisotopic (exact) mass is 184 g/mol. The van der Waals surface area contributed by atoms with Crippen LogP contribution >= 0.6 is 0 Å². The molecule has 3 nitrogen and oxygen atoms in total. The van der Waals surface area contributed by atoms with Gasteiger partial charge in [-0.1, -0.05) is 19.4 Å². The van der Waals surface area contributed by atoms with Crippen LogP contribution < -0.4 is 10.6 Å². The molecule has 0 heterocycles. The highest BCUT2D eigenvalue weighted by molar-refractivity contribution is 5.75. The smallest absolute Gasteiger partial charge is 0.318 e. The molecule has 0 fully saturated rings. The van der Waals surface area contributed by atoms with Crippen molar-refractivity contribution in [1.29, 1.82) is 0 Å². The van der Waals surface area contributed by atoms with Crippen molar-refractivity contribution in [1.82, 2.24) is 10.6 Å². The Hall–Kier alpha value is -0.990. The van der Waals surface area contributed by atoms with Gasteiger partial charge in [-0.05, 0) is 26.7 Å². The molecule has 0 aromatic carbocycles. The van der Waals surface area contributed by atoms with E-state index in [1.54, 1.807) is 6.20 Å². The fraction of sp³-hybridized carbons (Fsp3) is 0.700. The predicted octanol–water partition coefficient (Wildman–Crippen LogP) is 2.25. The van der Waals surface area contributed by atoms with Gasteiger partial charge in [0, 0.05) is 12.2 Å². The highest BCUT2D eigenvalue weighted by Crippen LogP contribution is 2.05. The summed E-state index contributed by atoms with van der Waals surface area (Å²) < 4.78 is 0. The van der Waals surface area contributed by atoms with Crippen molar-refractivity contribution in [2.24, 2.45) is 5.92 Å². The lowest BCUT2D eigenvalue weighted by atomic mass is 10.1. The number of allylic oxidation sites excluding steroid dienone is 1. The minimum atomic E-state index is -0.144. The van der Waals surface area contributed by atoms with Gasteiger partial charge in [0.25, 0.3) is 0 Å². The molecule has 0 bridgehead atoms. The molecule has 0 saturated carbocycles. The van der Waals surface area contributed by atoms with E-state index < -0.39 is 0 Å². The molecule has 3 heteroatoms. The Morgan fingerprint density at radius 3 is 2.15 bits per heavy atom. The Kier molecular flexibility index (Phi) is 5.19. The van der Waals surface area contributed by atoms with Gasteiger partial charge in [-0.3, -0.25) is 0 Å². The fourth-order valence-electron chi connectivity index (χ4n) is 0.650. The molecule has 0 aliphatic rings. The first kappa shape index (κ1) is 12.0. The lowest BCUT2D eigenvalue weighted by Gasteiger charge is -2.09. The van der Waals surface area contributed by atoms with E-state index in [4.69, 9.17) is 0 Å². The molecule has 0 unspecified atom stereocenters. The van der Waals surface area contributed by atoms with Crippen molar-refractivity contribution in [3.05, 3.63) is 11.8 Å². The van der Waals surface area contributed by atoms with Crippen molar-refractivity contribution in [3.63, 3.8) is 0 Å². The van der Waals surface area contributed by atoms with Gasteiger partial charge in [0.2, 0.25) is 0 Å². The van der Waals surface area contributed by atoms with Crippen molar-refractivity contribution in [2.75, 3.05) is 0 Å². The molecule has 0 spiro atoms. The normalized spacial score (nSPS) is 12.1. The van der Waals surface area contributed by atoms with Gasteiger partial charge >= 0.3 is 6.03 Å². The molecule has 0 aliphatic heterocycles. The molecule has 13 heavy (non-hydrogen) atoms. The van der Waals surface area contributed by atoms with E-state index in [2.05, 4.69) is 24.5 Å². The number of hydrogen-bond acceptors (Lipinski definition) is 1. The summed E-state index contributed by atoms with van der Waals surface area (Å²) in [6.07, 6.45) is 1.75. The van der Waals surface area contributed by atoms with E-state index in [-0.39, 0.29) is 12.1 Å². The fourth-order valence-corrected chi connectivity index (χ4v) is 0.650. The summed E-state index contributed by atoms with van der Waals surface area (Å²) in [5.74, 6) is 0.472. The summed E-state index contributed by atoms with van der Waals surface area (Å²) in [6.45, 7) is 10.0. The van der Waals surface area contributed by atoms with Crippen molar-refractivity contribution in [2.45, 2.75) is 40.7 Å². The van der Waals surface area contributed by atoms with Crippen LogP contribution in [0, 0.1) is 5.92 Å². The van der Waals surface area contributed by atoms with Crippen LogP contribution in [-0.4, -0.2) is 12.1 Å². The maximum absolute atomic E-state index is 11.1. The Bertz CT molecular complexity index is 195. The van der Waals surface area contributed by atoms with Crippen LogP contribution in [0.5, 0.6) is 0 Å². The van der Waals surface area contributed by atoms with Gasteiger partial charge in [-0.2, -0.15) is 0 Å². The van der Waals surface area contributed by atoms with Crippen LogP contribution in [0.25, 0.3) is 0 Å². The highest BCUT2D eigenvalue weighted by atomic mass is 16.2. The summed E-state index contributed by atoms with van der Waals surface area (Å²) in [6, 6.07) is 0.0303. The second kappa shape index (κ2) is 5.62. The summed E-state index contributed by atoms with van der Waals surface area (Å²) in [4.78, 5) is 11.1. The molecule has 0 radical (unpaired) electrons. The standard InChI is InChI=1S/C10H20N2O/c1-7(2)9(5)6-11-10(13)12-8(3)4/h6-8H,1-5H3,(H2,11,12,13)/b9-6+. The summed E-state index contributed by atoms with van der Waals surface area (Å²) in [5.41, 5.74) is 1.17. The SMILES string of the molecule is C/C(=C\NC(=O)NC(C)C)C(C)C. The van der Waals surface area contributed by atoms with Crippen LogP contribution in [0.4, 0.5) is 4.79 Å². The lowest BCUT2D eigenvalue weighted by Crippen LogP contribution is -2.37. The number of carbonyl (C=O) groups is 1. The molecule has 0 atom stereocenters. The molecule has 2 amide bonds. The van der Waals surface area contributed by atoms with Gasteiger partial charge in [-0.25, -0.2) is 4.79 Å². The highest BCUT2D eigenvalue weighted by Gasteiger charge is 2.00. The minimum absolute atomic E-state index is 0.144. The Balaban J connectivity index is 3.88. The number of hydrogen-bond donors (Lipinski definition) is 2. The maximum atomic E-state index is 11.1. The third kappa shape index (κ3) is 6.20. The van der Waals surface area contributed by atoms with Crippen LogP contribution in [0.2, 0.25) is 0 Å². The van der Waals surface area contributed by atoms with Crippen molar-refractivity contribution in [3.8, 4) is 0 Å². The van der Waals surface area contributed by atoms with E-state index in [9.17, 15) is 4.79 Å². The first-order chi connectivity index (χ1) is 5.93. The molecule has 0 rings (SSSR count). The van der Waals surface area contributed by atoms with Crippen LogP contribution in [0.15, 0.2) is 11.8 Å². The Morgan fingerprint density at radius 2 is 1.77 bits per heavy atom. The number of urea groups is 1. The molecule has 76 valence electrons.